The second-order valence-corrected chi connectivity index (χ2v) is 6.49. The summed E-state index contributed by atoms with van der Waals surface area (Å²) < 4.78 is 2.21. The van der Waals surface area contributed by atoms with E-state index in [0.717, 1.165) is 21.7 Å². The Hall–Kier alpha value is -0.260. The molecule has 0 fully saturated rings. The zero-order chi connectivity index (χ0) is 13.1. The first-order chi connectivity index (χ1) is 8.56. The molecule has 0 spiro atoms. The Bertz CT molecular complexity index is 520. The molecule has 1 nitrogen and oxygen atoms in total. The van der Waals surface area contributed by atoms with Crippen molar-refractivity contribution < 1.29 is 0 Å². The summed E-state index contributed by atoms with van der Waals surface area (Å²) in [6.45, 7) is 2.90. The lowest BCUT2D eigenvalue weighted by Crippen LogP contribution is -1.99. The van der Waals surface area contributed by atoms with Crippen LogP contribution < -0.4 is 5.32 Å². The molecule has 0 radical (unpaired) electrons. The van der Waals surface area contributed by atoms with E-state index in [1.165, 1.54) is 14.7 Å². The van der Waals surface area contributed by atoms with Crippen molar-refractivity contribution in [1.82, 2.24) is 0 Å². The SMILES string of the molecule is Cc1ccc(NCc2ccc(Cl)c(Br)c2)cc1I. The number of benzene rings is 2. The molecule has 18 heavy (non-hydrogen) atoms. The average Bonchev–Trinajstić information content (AvgIpc) is 2.35. The van der Waals surface area contributed by atoms with Gasteiger partial charge in [-0.2, -0.15) is 0 Å². The lowest BCUT2D eigenvalue weighted by Gasteiger charge is -2.09. The van der Waals surface area contributed by atoms with Gasteiger partial charge in [-0.1, -0.05) is 23.7 Å². The summed E-state index contributed by atoms with van der Waals surface area (Å²) in [5.41, 5.74) is 3.63. The highest BCUT2D eigenvalue weighted by molar-refractivity contribution is 14.1. The predicted octanol–water partition coefficient (Wildman–Crippen LogP) is 5.63. The molecule has 0 aliphatic carbocycles. The van der Waals surface area contributed by atoms with Crippen LogP contribution in [0.15, 0.2) is 40.9 Å². The van der Waals surface area contributed by atoms with Crippen molar-refractivity contribution in [3.8, 4) is 0 Å². The molecule has 0 amide bonds. The van der Waals surface area contributed by atoms with Crippen LogP contribution in [0, 0.1) is 10.5 Å². The second-order valence-electron chi connectivity index (χ2n) is 4.07. The number of nitrogens with one attached hydrogen (secondary N) is 1. The lowest BCUT2D eigenvalue weighted by atomic mass is 10.2. The van der Waals surface area contributed by atoms with Crippen molar-refractivity contribution in [2.45, 2.75) is 13.5 Å². The number of aryl methyl sites for hydroxylation is 1. The maximum atomic E-state index is 5.97. The van der Waals surface area contributed by atoms with Crippen molar-refractivity contribution in [3.05, 3.63) is 60.6 Å². The standard InChI is InChI=1S/C14H12BrClIN/c1-9-2-4-11(7-14(9)17)18-8-10-3-5-13(16)12(15)6-10/h2-7,18H,8H2,1H3. The van der Waals surface area contributed by atoms with Crippen LogP contribution in [-0.4, -0.2) is 0 Å². The van der Waals surface area contributed by atoms with Gasteiger partial charge in [-0.05, 0) is 80.8 Å². The van der Waals surface area contributed by atoms with E-state index >= 15 is 0 Å². The Morgan fingerprint density at radius 2 is 2.00 bits per heavy atom. The summed E-state index contributed by atoms with van der Waals surface area (Å²) >= 11 is 11.7. The maximum absolute atomic E-state index is 5.97. The molecule has 94 valence electrons. The minimum absolute atomic E-state index is 0.739. The monoisotopic (exact) mass is 435 g/mol. The van der Waals surface area contributed by atoms with Crippen LogP contribution >= 0.6 is 50.1 Å². The second kappa shape index (κ2) is 6.26. The van der Waals surface area contributed by atoms with E-state index in [1.54, 1.807) is 0 Å². The lowest BCUT2D eigenvalue weighted by molar-refractivity contribution is 1.14. The van der Waals surface area contributed by atoms with Gasteiger partial charge in [0.25, 0.3) is 0 Å². The Balaban J connectivity index is 2.06. The zero-order valence-electron chi connectivity index (χ0n) is 9.81. The van der Waals surface area contributed by atoms with Gasteiger partial charge in [0.2, 0.25) is 0 Å². The summed E-state index contributed by atoms with van der Waals surface area (Å²) in [4.78, 5) is 0. The smallest absolute Gasteiger partial charge is 0.0548 e. The molecule has 0 aliphatic rings. The minimum Gasteiger partial charge on any atom is -0.381 e. The first-order valence-corrected chi connectivity index (χ1v) is 7.75. The average molecular weight is 437 g/mol. The van der Waals surface area contributed by atoms with Crippen LogP contribution in [-0.2, 0) is 6.54 Å². The normalized spacial score (nSPS) is 10.4. The Kier molecular flexibility index (Phi) is 4.92. The number of halogens is 3. The molecule has 0 aromatic heterocycles. The molecule has 2 aromatic carbocycles. The zero-order valence-corrected chi connectivity index (χ0v) is 14.3. The molecule has 0 bridgehead atoms. The van der Waals surface area contributed by atoms with Gasteiger partial charge in [0, 0.05) is 20.3 Å². The topological polar surface area (TPSA) is 12.0 Å². The van der Waals surface area contributed by atoms with Crippen molar-refractivity contribution in [1.29, 1.82) is 0 Å². The minimum atomic E-state index is 0.739. The van der Waals surface area contributed by atoms with Crippen molar-refractivity contribution in [2.75, 3.05) is 5.32 Å². The molecular formula is C14H12BrClIN. The van der Waals surface area contributed by atoms with E-state index in [2.05, 4.69) is 69.0 Å². The van der Waals surface area contributed by atoms with Gasteiger partial charge in [-0.25, -0.2) is 0 Å². The molecular weight excluding hydrogens is 424 g/mol. The third-order valence-electron chi connectivity index (χ3n) is 2.65. The van der Waals surface area contributed by atoms with E-state index in [-0.39, 0.29) is 0 Å². The molecule has 4 heteroatoms. The Morgan fingerprint density at radius 1 is 1.22 bits per heavy atom. The van der Waals surface area contributed by atoms with Gasteiger partial charge in [0.05, 0.1) is 5.02 Å². The van der Waals surface area contributed by atoms with Crippen LogP contribution in [0.5, 0.6) is 0 Å². The highest BCUT2D eigenvalue weighted by Crippen LogP contribution is 2.24. The van der Waals surface area contributed by atoms with Crippen LogP contribution in [0.4, 0.5) is 5.69 Å². The fourth-order valence-electron chi connectivity index (χ4n) is 1.56. The van der Waals surface area contributed by atoms with Gasteiger partial charge in [-0.15, -0.1) is 0 Å². The summed E-state index contributed by atoms with van der Waals surface area (Å²) in [6, 6.07) is 12.3. The van der Waals surface area contributed by atoms with E-state index in [9.17, 15) is 0 Å². The first-order valence-electron chi connectivity index (χ1n) is 5.50. The molecule has 0 saturated heterocycles. The van der Waals surface area contributed by atoms with E-state index in [1.807, 2.05) is 18.2 Å². The highest BCUT2D eigenvalue weighted by Gasteiger charge is 2.00. The highest BCUT2D eigenvalue weighted by atomic mass is 127. The molecule has 0 saturated carbocycles. The molecule has 0 heterocycles. The number of anilines is 1. The molecule has 2 aromatic rings. The third-order valence-corrected chi connectivity index (χ3v) is 5.03. The number of hydrogen-bond donors (Lipinski definition) is 1. The van der Waals surface area contributed by atoms with E-state index < -0.39 is 0 Å². The van der Waals surface area contributed by atoms with Crippen molar-refractivity contribution in [2.24, 2.45) is 0 Å². The Morgan fingerprint density at radius 3 is 2.67 bits per heavy atom. The number of rotatable bonds is 3. The fourth-order valence-corrected chi connectivity index (χ4v) is 2.62. The quantitative estimate of drug-likeness (QED) is 0.615. The summed E-state index contributed by atoms with van der Waals surface area (Å²) in [6.07, 6.45) is 0. The van der Waals surface area contributed by atoms with E-state index in [4.69, 9.17) is 11.6 Å². The van der Waals surface area contributed by atoms with Gasteiger partial charge in [0.15, 0.2) is 0 Å². The largest absolute Gasteiger partial charge is 0.381 e. The Labute approximate surface area is 134 Å². The summed E-state index contributed by atoms with van der Waals surface area (Å²) in [7, 11) is 0. The molecule has 1 N–H and O–H groups in total. The molecule has 0 aliphatic heterocycles. The molecule has 2 rings (SSSR count). The first kappa shape index (κ1) is 14.2. The maximum Gasteiger partial charge on any atom is 0.0548 e. The predicted molar refractivity (Wildman–Crippen MR) is 90.4 cm³/mol. The fraction of sp³-hybridized carbons (Fsp3) is 0.143. The van der Waals surface area contributed by atoms with Crippen molar-refractivity contribution in [3.63, 3.8) is 0 Å². The molecule has 0 atom stereocenters. The van der Waals surface area contributed by atoms with Crippen molar-refractivity contribution >= 4 is 55.8 Å². The van der Waals surface area contributed by atoms with Gasteiger partial charge in [0.1, 0.15) is 0 Å². The van der Waals surface area contributed by atoms with Crippen LogP contribution in [0.1, 0.15) is 11.1 Å². The van der Waals surface area contributed by atoms with Crippen LogP contribution in [0.2, 0.25) is 5.02 Å². The third kappa shape index (κ3) is 3.62. The summed E-state index contributed by atoms with van der Waals surface area (Å²) in [5, 5.41) is 4.15. The molecule has 0 unspecified atom stereocenters. The summed E-state index contributed by atoms with van der Waals surface area (Å²) in [5.74, 6) is 0. The van der Waals surface area contributed by atoms with E-state index in [0.29, 0.717) is 0 Å². The van der Waals surface area contributed by atoms with Gasteiger partial charge < -0.3 is 5.32 Å². The number of hydrogen-bond acceptors (Lipinski definition) is 1. The van der Waals surface area contributed by atoms with Crippen LogP contribution in [0.3, 0.4) is 0 Å². The van der Waals surface area contributed by atoms with Gasteiger partial charge in [-0.3, -0.25) is 0 Å². The van der Waals surface area contributed by atoms with Gasteiger partial charge >= 0.3 is 0 Å². The van der Waals surface area contributed by atoms with Crippen LogP contribution in [0.25, 0.3) is 0 Å².